The average Bonchev–Trinajstić information content (AvgIpc) is 2.62. The van der Waals surface area contributed by atoms with Crippen LogP contribution in [0.4, 0.5) is 0 Å². The van der Waals surface area contributed by atoms with Crippen molar-refractivity contribution in [3.05, 3.63) is 33.6 Å². The second-order valence-corrected chi connectivity index (χ2v) is 3.90. The van der Waals surface area contributed by atoms with Crippen LogP contribution in [-0.4, -0.2) is 6.67 Å². The van der Waals surface area contributed by atoms with Gasteiger partial charge >= 0.3 is 0 Å². The summed E-state index contributed by atoms with van der Waals surface area (Å²) in [5.74, 6) is 0. The molecule has 2 nitrogen and oxygen atoms in total. The van der Waals surface area contributed by atoms with Crippen molar-refractivity contribution in [2.45, 2.75) is 12.8 Å². The first-order valence-electron chi connectivity index (χ1n) is 4.20. The Morgan fingerprint density at radius 2 is 2.08 bits per heavy atom. The van der Waals surface area contributed by atoms with Crippen LogP contribution in [0.15, 0.2) is 33.6 Å². The highest BCUT2D eigenvalue weighted by atomic mass is 35.5. The Kier molecular flexibility index (Phi) is 2.51. The fourth-order valence-corrected chi connectivity index (χ4v) is 1.81. The summed E-state index contributed by atoms with van der Waals surface area (Å²) in [6.07, 6.45) is 5.69. The Morgan fingerprint density at radius 1 is 1.23 bits per heavy atom. The molecule has 2 aliphatic rings. The Labute approximate surface area is 87.3 Å². The van der Waals surface area contributed by atoms with Crippen LogP contribution in [0, 0.1) is 0 Å². The molecule has 1 aliphatic carbocycles. The lowest BCUT2D eigenvalue weighted by atomic mass is 10.0. The molecule has 0 bridgehead atoms. The first-order chi connectivity index (χ1) is 6.27. The van der Waals surface area contributed by atoms with Crippen molar-refractivity contribution in [3.8, 4) is 0 Å². The van der Waals surface area contributed by atoms with Crippen LogP contribution < -0.4 is 10.6 Å². The molecule has 0 fully saturated rings. The van der Waals surface area contributed by atoms with Gasteiger partial charge < -0.3 is 10.6 Å². The molecule has 1 aliphatic heterocycles. The first-order valence-corrected chi connectivity index (χ1v) is 4.95. The maximum absolute atomic E-state index is 5.94. The van der Waals surface area contributed by atoms with E-state index in [0.717, 1.165) is 30.2 Å². The summed E-state index contributed by atoms with van der Waals surface area (Å²) in [6.45, 7) is 0.793. The van der Waals surface area contributed by atoms with Crippen LogP contribution in [-0.2, 0) is 0 Å². The van der Waals surface area contributed by atoms with E-state index >= 15 is 0 Å². The quantitative estimate of drug-likeness (QED) is 0.704. The van der Waals surface area contributed by atoms with Crippen LogP contribution in [0.25, 0.3) is 0 Å². The summed E-state index contributed by atoms with van der Waals surface area (Å²) in [4.78, 5) is 0. The minimum atomic E-state index is 0.664. The molecule has 4 heteroatoms. The van der Waals surface area contributed by atoms with Gasteiger partial charge in [0.1, 0.15) is 0 Å². The predicted molar refractivity (Wildman–Crippen MR) is 55.3 cm³/mol. The monoisotopic (exact) mass is 216 g/mol. The molecule has 2 N–H and O–H groups in total. The minimum absolute atomic E-state index is 0.664. The largest absolute Gasteiger partial charge is 0.372 e. The Balaban J connectivity index is 2.21. The molecule has 1 heterocycles. The lowest BCUT2D eigenvalue weighted by molar-refractivity contribution is 0.802. The molecule has 70 valence electrons. The molecule has 0 aromatic carbocycles. The number of allylic oxidation sites excluding steroid dienone is 4. The molecule has 0 spiro atoms. The highest BCUT2D eigenvalue weighted by Crippen LogP contribution is 2.31. The van der Waals surface area contributed by atoms with Crippen molar-refractivity contribution in [2.24, 2.45) is 0 Å². The third kappa shape index (κ3) is 1.84. The van der Waals surface area contributed by atoms with Crippen molar-refractivity contribution in [3.63, 3.8) is 0 Å². The molecule has 2 rings (SSSR count). The van der Waals surface area contributed by atoms with Gasteiger partial charge in [0, 0.05) is 11.2 Å². The van der Waals surface area contributed by atoms with Crippen LogP contribution >= 0.6 is 23.2 Å². The Bertz CT molecular complexity index is 316. The molecule has 0 saturated heterocycles. The number of hydrogen-bond donors (Lipinski definition) is 2. The Morgan fingerprint density at radius 3 is 2.69 bits per heavy atom. The average molecular weight is 217 g/mol. The van der Waals surface area contributed by atoms with E-state index in [1.54, 1.807) is 0 Å². The normalized spacial score (nSPS) is 22.0. The molecule has 0 unspecified atom stereocenters. The lowest BCUT2D eigenvalue weighted by Crippen LogP contribution is -2.15. The van der Waals surface area contributed by atoms with Crippen LogP contribution in [0.2, 0.25) is 0 Å². The summed E-state index contributed by atoms with van der Waals surface area (Å²) >= 11 is 11.8. The summed E-state index contributed by atoms with van der Waals surface area (Å²) in [7, 11) is 0. The van der Waals surface area contributed by atoms with Crippen LogP contribution in [0.1, 0.15) is 12.8 Å². The van der Waals surface area contributed by atoms with E-state index < -0.39 is 0 Å². The van der Waals surface area contributed by atoms with Gasteiger partial charge in [-0.15, -0.1) is 0 Å². The molecule has 0 amide bonds. The molecular weight excluding hydrogens is 207 g/mol. The zero-order valence-corrected chi connectivity index (χ0v) is 8.54. The van der Waals surface area contributed by atoms with Crippen molar-refractivity contribution in [2.75, 3.05) is 6.67 Å². The van der Waals surface area contributed by atoms with Gasteiger partial charge in [-0.1, -0.05) is 23.2 Å². The first kappa shape index (κ1) is 8.97. The predicted octanol–water partition coefficient (Wildman–Crippen LogP) is 2.39. The van der Waals surface area contributed by atoms with Gasteiger partial charge in [0.25, 0.3) is 0 Å². The summed E-state index contributed by atoms with van der Waals surface area (Å²) in [6, 6.07) is 0. The van der Waals surface area contributed by atoms with E-state index in [-0.39, 0.29) is 0 Å². The molecule has 0 atom stereocenters. The van der Waals surface area contributed by atoms with E-state index in [9.17, 15) is 0 Å². The molecule has 0 aromatic rings. The van der Waals surface area contributed by atoms with E-state index in [4.69, 9.17) is 23.2 Å². The summed E-state index contributed by atoms with van der Waals surface area (Å²) in [5.41, 5.74) is 2.35. The molecule has 13 heavy (non-hydrogen) atoms. The van der Waals surface area contributed by atoms with E-state index in [2.05, 4.69) is 10.6 Å². The van der Waals surface area contributed by atoms with E-state index in [0.29, 0.717) is 5.03 Å². The third-order valence-electron chi connectivity index (χ3n) is 2.15. The van der Waals surface area contributed by atoms with Gasteiger partial charge in [-0.3, -0.25) is 0 Å². The number of rotatable bonds is 1. The molecule has 0 aromatic heterocycles. The zero-order valence-electron chi connectivity index (χ0n) is 7.03. The van der Waals surface area contributed by atoms with Gasteiger partial charge in [-0.05, 0) is 24.5 Å². The van der Waals surface area contributed by atoms with Crippen molar-refractivity contribution in [1.29, 1.82) is 0 Å². The summed E-state index contributed by atoms with van der Waals surface area (Å²) in [5, 5.41) is 7.73. The van der Waals surface area contributed by atoms with Crippen molar-refractivity contribution < 1.29 is 0 Å². The molecule has 0 saturated carbocycles. The fraction of sp³-hybridized carbons (Fsp3) is 0.333. The van der Waals surface area contributed by atoms with Gasteiger partial charge in [0.15, 0.2) is 0 Å². The minimum Gasteiger partial charge on any atom is -0.372 e. The zero-order chi connectivity index (χ0) is 9.26. The number of nitrogens with one attached hydrogen (secondary N) is 2. The maximum atomic E-state index is 5.94. The standard InChI is InChI=1S/C9H10Cl2N2/c10-7-2-1-6(3-8(7)11)9-4-12-5-13-9/h3-4,12-13H,1-2,5H2. The van der Waals surface area contributed by atoms with Gasteiger partial charge in [0.05, 0.1) is 17.4 Å². The van der Waals surface area contributed by atoms with Crippen LogP contribution in [0.5, 0.6) is 0 Å². The van der Waals surface area contributed by atoms with E-state index in [1.807, 2.05) is 12.3 Å². The highest BCUT2D eigenvalue weighted by molar-refractivity contribution is 6.40. The van der Waals surface area contributed by atoms with E-state index in [1.165, 1.54) is 5.57 Å². The number of hydrogen-bond acceptors (Lipinski definition) is 2. The smallest absolute Gasteiger partial charge is 0.0846 e. The SMILES string of the molecule is ClC1=C(Cl)CCC(C2=CNCN2)=C1. The van der Waals surface area contributed by atoms with Crippen LogP contribution in [0.3, 0.4) is 0 Å². The topological polar surface area (TPSA) is 24.1 Å². The second-order valence-electron chi connectivity index (χ2n) is 3.04. The summed E-state index contributed by atoms with van der Waals surface area (Å²) < 4.78 is 0. The van der Waals surface area contributed by atoms with Crippen molar-refractivity contribution >= 4 is 23.2 Å². The van der Waals surface area contributed by atoms with Gasteiger partial charge in [-0.2, -0.15) is 0 Å². The molecule has 0 radical (unpaired) electrons. The lowest BCUT2D eigenvalue weighted by Gasteiger charge is -2.13. The number of halogens is 2. The second kappa shape index (κ2) is 3.64. The van der Waals surface area contributed by atoms with Gasteiger partial charge in [0.2, 0.25) is 0 Å². The maximum Gasteiger partial charge on any atom is 0.0846 e. The third-order valence-corrected chi connectivity index (χ3v) is 2.97. The van der Waals surface area contributed by atoms with Crippen molar-refractivity contribution in [1.82, 2.24) is 10.6 Å². The highest BCUT2D eigenvalue weighted by Gasteiger charge is 2.15. The fourth-order valence-electron chi connectivity index (χ4n) is 1.44. The molecular formula is C9H10Cl2N2. The Hall–Kier alpha value is -0.600. The van der Waals surface area contributed by atoms with Gasteiger partial charge in [-0.25, -0.2) is 0 Å².